The van der Waals surface area contributed by atoms with Gasteiger partial charge >= 0.3 is 6.09 Å². The maximum absolute atomic E-state index is 12.2. The van der Waals surface area contributed by atoms with E-state index in [1.165, 1.54) is 0 Å². The van der Waals surface area contributed by atoms with E-state index < -0.39 is 5.60 Å². The molecule has 1 aliphatic rings. The summed E-state index contributed by atoms with van der Waals surface area (Å²) in [5, 5.41) is 3.50. The molecule has 1 aliphatic heterocycles. The fourth-order valence-electron chi connectivity index (χ4n) is 2.88. The van der Waals surface area contributed by atoms with Gasteiger partial charge in [-0.3, -0.25) is 9.97 Å². The van der Waals surface area contributed by atoms with E-state index in [0.29, 0.717) is 6.54 Å². The topological polar surface area (TPSA) is 67.3 Å². The van der Waals surface area contributed by atoms with Crippen molar-refractivity contribution >= 4 is 22.8 Å². The minimum atomic E-state index is -0.464. The Kier molecular flexibility index (Phi) is 4.55. The molecule has 0 spiro atoms. The number of nitrogens with one attached hydrogen (secondary N) is 1. The number of ether oxygens (including phenoxy) is 1. The van der Waals surface area contributed by atoms with Crippen molar-refractivity contribution < 1.29 is 9.53 Å². The summed E-state index contributed by atoms with van der Waals surface area (Å²) in [5.41, 5.74) is 2.28. The van der Waals surface area contributed by atoms with Crippen LogP contribution in [0.5, 0.6) is 0 Å². The molecule has 0 saturated carbocycles. The van der Waals surface area contributed by atoms with Crippen LogP contribution in [0.4, 0.5) is 10.5 Å². The first-order valence-corrected chi connectivity index (χ1v) is 8.36. The van der Waals surface area contributed by atoms with Crippen LogP contribution < -0.4 is 5.32 Å². The van der Waals surface area contributed by atoms with E-state index in [-0.39, 0.29) is 12.1 Å². The lowest BCUT2D eigenvalue weighted by molar-refractivity contribution is 0.0206. The predicted octanol–water partition coefficient (Wildman–Crippen LogP) is 3.44. The average Bonchev–Trinajstić information content (AvgIpc) is 2.53. The van der Waals surface area contributed by atoms with Crippen LogP contribution in [0.15, 0.2) is 30.6 Å². The van der Waals surface area contributed by atoms with Crippen molar-refractivity contribution in [2.45, 2.75) is 45.3 Å². The van der Waals surface area contributed by atoms with Gasteiger partial charge in [-0.2, -0.15) is 0 Å². The maximum Gasteiger partial charge on any atom is 0.410 e. The molecule has 0 aliphatic carbocycles. The van der Waals surface area contributed by atoms with Crippen LogP contribution in [0.3, 0.4) is 0 Å². The zero-order chi connectivity index (χ0) is 17.2. The zero-order valence-corrected chi connectivity index (χ0v) is 14.5. The molecule has 1 atom stereocenters. The summed E-state index contributed by atoms with van der Waals surface area (Å²) in [6.45, 7) is 7.06. The highest BCUT2D eigenvalue weighted by atomic mass is 16.6. The third kappa shape index (κ3) is 4.13. The predicted molar refractivity (Wildman–Crippen MR) is 94.0 cm³/mol. The number of hydrogen-bond donors (Lipinski definition) is 1. The number of fused-ring (bicyclic) bond motifs is 1. The lowest BCUT2D eigenvalue weighted by atomic mass is 10.1. The number of piperidine rings is 1. The Morgan fingerprint density at radius 1 is 1.25 bits per heavy atom. The van der Waals surface area contributed by atoms with Crippen LogP contribution >= 0.6 is 0 Å². The minimum Gasteiger partial charge on any atom is -0.444 e. The van der Waals surface area contributed by atoms with E-state index in [0.717, 1.165) is 36.1 Å². The molecule has 6 nitrogen and oxygen atoms in total. The van der Waals surface area contributed by atoms with Crippen molar-refractivity contribution in [3.8, 4) is 0 Å². The number of carbonyl (C=O) groups excluding carboxylic acids is 1. The van der Waals surface area contributed by atoms with E-state index in [1.54, 1.807) is 17.3 Å². The van der Waals surface area contributed by atoms with Crippen molar-refractivity contribution in [3.05, 3.63) is 30.6 Å². The number of aromatic nitrogens is 2. The lowest BCUT2D eigenvalue weighted by Crippen LogP contribution is -2.46. The molecule has 24 heavy (non-hydrogen) atoms. The number of benzene rings is 1. The summed E-state index contributed by atoms with van der Waals surface area (Å²) >= 11 is 0. The lowest BCUT2D eigenvalue weighted by Gasteiger charge is -2.34. The van der Waals surface area contributed by atoms with Gasteiger partial charge in [0.25, 0.3) is 0 Å². The van der Waals surface area contributed by atoms with Crippen LogP contribution in [0.1, 0.15) is 33.6 Å². The Morgan fingerprint density at radius 3 is 2.75 bits per heavy atom. The van der Waals surface area contributed by atoms with Gasteiger partial charge in [0.05, 0.1) is 11.0 Å². The molecule has 1 saturated heterocycles. The van der Waals surface area contributed by atoms with Gasteiger partial charge in [0.1, 0.15) is 5.60 Å². The highest BCUT2D eigenvalue weighted by Gasteiger charge is 2.27. The summed E-state index contributed by atoms with van der Waals surface area (Å²) in [7, 11) is 0. The average molecular weight is 328 g/mol. The molecule has 0 radical (unpaired) electrons. The Hall–Kier alpha value is -2.37. The molecular formula is C18H24N4O2. The Balaban J connectivity index is 1.65. The molecule has 1 aromatic carbocycles. The van der Waals surface area contributed by atoms with Crippen LogP contribution in [0.2, 0.25) is 0 Å². The molecule has 1 unspecified atom stereocenters. The number of likely N-dealkylation sites (tertiary alicyclic amines) is 1. The molecular weight excluding hydrogens is 304 g/mol. The normalized spacial score (nSPS) is 18.5. The van der Waals surface area contributed by atoms with Crippen LogP contribution in [-0.2, 0) is 4.74 Å². The number of hydrogen-bond acceptors (Lipinski definition) is 5. The van der Waals surface area contributed by atoms with Gasteiger partial charge in [0.2, 0.25) is 0 Å². The van der Waals surface area contributed by atoms with Crippen LogP contribution in [0, 0.1) is 0 Å². The third-order valence-corrected chi connectivity index (χ3v) is 3.91. The molecule has 0 bridgehead atoms. The Bertz CT molecular complexity index is 726. The molecule has 2 aromatic rings. The number of nitrogens with zero attached hydrogens (tertiary/aromatic N) is 3. The Morgan fingerprint density at radius 2 is 2.00 bits per heavy atom. The number of amides is 1. The second-order valence-electron chi connectivity index (χ2n) is 7.17. The Labute approximate surface area is 142 Å². The summed E-state index contributed by atoms with van der Waals surface area (Å²) in [5.74, 6) is 0. The number of carbonyl (C=O) groups is 1. The van der Waals surface area contributed by atoms with Gasteiger partial charge in [-0.1, -0.05) is 0 Å². The van der Waals surface area contributed by atoms with Crippen molar-refractivity contribution in [2.24, 2.45) is 0 Å². The molecule has 2 heterocycles. The zero-order valence-electron chi connectivity index (χ0n) is 14.5. The highest BCUT2D eigenvalue weighted by molar-refractivity contribution is 5.78. The van der Waals surface area contributed by atoms with Gasteiger partial charge in [-0.15, -0.1) is 0 Å². The largest absolute Gasteiger partial charge is 0.444 e. The molecule has 1 fully saturated rings. The van der Waals surface area contributed by atoms with Gasteiger partial charge in [0.15, 0.2) is 0 Å². The molecule has 128 valence electrons. The minimum absolute atomic E-state index is 0.209. The van der Waals surface area contributed by atoms with Crippen molar-refractivity contribution in [2.75, 3.05) is 18.4 Å². The van der Waals surface area contributed by atoms with Gasteiger partial charge < -0.3 is 15.0 Å². The monoisotopic (exact) mass is 328 g/mol. The highest BCUT2D eigenvalue weighted by Crippen LogP contribution is 2.20. The van der Waals surface area contributed by atoms with Crippen molar-refractivity contribution in [1.29, 1.82) is 0 Å². The first-order valence-electron chi connectivity index (χ1n) is 8.36. The quantitative estimate of drug-likeness (QED) is 0.914. The summed E-state index contributed by atoms with van der Waals surface area (Å²) < 4.78 is 5.47. The summed E-state index contributed by atoms with van der Waals surface area (Å²) in [6, 6.07) is 6.16. The second kappa shape index (κ2) is 6.63. The molecule has 6 heteroatoms. The fraction of sp³-hybridized carbons (Fsp3) is 0.500. The smallest absolute Gasteiger partial charge is 0.410 e. The third-order valence-electron chi connectivity index (χ3n) is 3.91. The van der Waals surface area contributed by atoms with E-state index in [4.69, 9.17) is 4.74 Å². The molecule has 1 amide bonds. The number of anilines is 1. The first-order chi connectivity index (χ1) is 11.4. The van der Waals surface area contributed by atoms with E-state index in [1.807, 2.05) is 39.0 Å². The van der Waals surface area contributed by atoms with Crippen LogP contribution in [0.25, 0.3) is 11.0 Å². The van der Waals surface area contributed by atoms with Crippen LogP contribution in [-0.4, -0.2) is 45.7 Å². The molecule has 1 N–H and O–H groups in total. The molecule has 1 aromatic heterocycles. The molecule has 3 rings (SSSR count). The van der Waals surface area contributed by atoms with E-state index in [9.17, 15) is 4.79 Å². The second-order valence-corrected chi connectivity index (χ2v) is 7.17. The van der Waals surface area contributed by atoms with Gasteiger partial charge in [-0.25, -0.2) is 4.79 Å². The summed E-state index contributed by atoms with van der Waals surface area (Å²) in [6.07, 6.45) is 5.13. The summed E-state index contributed by atoms with van der Waals surface area (Å²) in [4.78, 5) is 22.6. The standard InChI is InChI=1S/C18H24N4O2/c1-18(2,3)24-17(23)22-10-4-5-14(12-22)21-13-6-7-15-16(11-13)20-9-8-19-15/h6-9,11,14,21H,4-5,10,12H2,1-3H3. The van der Waals surface area contributed by atoms with E-state index in [2.05, 4.69) is 15.3 Å². The first kappa shape index (κ1) is 16.5. The van der Waals surface area contributed by atoms with Gasteiger partial charge in [-0.05, 0) is 51.8 Å². The number of rotatable bonds is 2. The van der Waals surface area contributed by atoms with Crippen molar-refractivity contribution in [3.63, 3.8) is 0 Å². The van der Waals surface area contributed by atoms with Crippen molar-refractivity contribution in [1.82, 2.24) is 14.9 Å². The van der Waals surface area contributed by atoms with E-state index >= 15 is 0 Å². The van der Waals surface area contributed by atoms with Gasteiger partial charge in [0, 0.05) is 37.2 Å². The SMILES string of the molecule is CC(C)(C)OC(=O)N1CCCC(Nc2ccc3nccnc3c2)C1. The fourth-order valence-corrected chi connectivity index (χ4v) is 2.88. The maximum atomic E-state index is 12.2.